The Morgan fingerprint density at radius 2 is 1.55 bits per heavy atom. The van der Waals surface area contributed by atoms with Gasteiger partial charge in [-0.3, -0.25) is 4.79 Å². The van der Waals surface area contributed by atoms with Gasteiger partial charge in [-0.15, -0.1) is 0 Å². The number of benzene rings is 2. The molecule has 0 aliphatic heterocycles. The first-order chi connectivity index (χ1) is 13.5. The summed E-state index contributed by atoms with van der Waals surface area (Å²) in [6.45, 7) is 8.43. The van der Waals surface area contributed by atoms with E-state index < -0.39 is 10.0 Å². The largest absolute Gasteiger partial charge is 0.492 e. The van der Waals surface area contributed by atoms with Crippen LogP contribution in [-0.4, -0.2) is 56.8 Å². The molecule has 0 atom stereocenters. The molecule has 7 heteroatoms. The molecular weight excluding hydrogens is 388 g/mol. The number of amides is 1. The average Bonchev–Trinajstić information content (AvgIpc) is 2.65. The monoisotopic (exact) mass is 418 g/mol. The third-order valence-corrected chi connectivity index (χ3v) is 6.79. The number of hydrogen-bond donors (Lipinski definition) is 0. The van der Waals surface area contributed by atoms with Gasteiger partial charge in [-0.1, -0.05) is 6.07 Å². The van der Waals surface area contributed by atoms with Crippen molar-refractivity contribution in [1.29, 1.82) is 0 Å². The van der Waals surface area contributed by atoms with E-state index in [-0.39, 0.29) is 16.8 Å². The fourth-order valence-corrected chi connectivity index (χ4v) is 4.22. The van der Waals surface area contributed by atoms with Crippen LogP contribution in [0.5, 0.6) is 5.75 Å². The molecule has 0 aromatic heterocycles. The Morgan fingerprint density at radius 1 is 1.00 bits per heavy atom. The summed E-state index contributed by atoms with van der Waals surface area (Å²) in [7, 11) is -0.321. The third-order valence-electron chi connectivity index (χ3n) is 4.74. The van der Waals surface area contributed by atoms with Crippen LogP contribution < -0.4 is 4.74 Å². The van der Waals surface area contributed by atoms with Crippen LogP contribution in [0.15, 0.2) is 47.4 Å². The highest BCUT2D eigenvalue weighted by molar-refractivity contribution is 7.89. The lowest BCUT2D eigenvalue weighted by Crippen LogP contribution is -2.33. The summed E-state index contributed by atoms with van der Waals surface area (Å²) in [6, 6.07) is 11.9. The zero-order chi connectivity index (χ0) is 21.8. The second kappa shape index (κ2) is 9.41. The van der Waals surface area contributed by atoms with E-state index in [1.54, 1.807) is 31.1 Å². The van der Waals surface area contributed by atoms with Gasteiger partial charge in [-0.05, 0) is 75.2 Å². The van der Waals surface area contributed by atoms with E-state index in [1.165, 1.54) is 16.4 Å². The van der Waals surface area contributed by atoms with Crippen LogP contribution in [0.1, 0.15) is 35.3 Å². The normalized spacial score (nSPS) is 11.7. The second-order valence-corrected chi connectivity index (χ2v) is 9.54. The zero-order valence-electron chi connectivity index (χ0n) is 18.0. The number of likely N-dealkylation sites (N-methyl/N-ethyl adjacent to an activating group) is 1. The van der Waals surface area contributed by atoms with Gasteiger partial charge in [-0.2, -0.15) is 4.31 Å². The molecule has 2 rings (SSSR count). The van der Waals surface area contributed by atoms with E-state index in [1.807, 2.05) is 39.8 Å². The summed E-state index contributed by atoms with van der Waals surface area (Å²) in [5, 5.41) is 0. The highest BCUT2D eigenvalue weighted by Gasteiger charge is 2.23. The van der Waals surface area contributed by atoms with E-state index in [0.717, 1.165) is 16.9 Å². The molecule has 29 heavy (non-hydrogen) atoms. The van der Waals surface area contributed by atoms with Crippen LogP contribution in [0.4, 0.5) is 0 Å². The summed E-state index contributed by atoms with van der Waals surface area (Å²) in [6.07, 6.45) is 0. The van der Waals surface area contributed by atoms with Crippen molar-refractivity contribution in [3.63, 3.8) is 0 Å². The second-order valence-electron chi connectivity index (χ2n) is 7.54. The first-order valence-electron chi connectivity index (χ1n) is 9.57. The molecular formula is C22H30N2O4S. The standard InChI is InChI=1S/C22H30N2O4S/c1-16(2)24(6)29(26,27)21-9-7-19(8-10-21)22(25)23(5)11-12-28-20-14-17(3)13-18(4)15-20/h7-10,13-16H,11-12H2,1-6H3. The molecule has 2 aromatic rings. The minimum absolute atomic E-state index is 0.148. The SMILES string of the molecule is Cc1cc(C)cc(OCCN(C)C(=O)c2ccc(S(=O)(=O)N(C)C(C)C)cc2)c1. The molecule has 158 valence electrons. The number of carbonyl (C=O) groups is 1. The number of aryl methyl sites for hydroxylation is 2. The van der Waals surface area contributed by atoms with Gasteiger partial charge in [0, 0.05) is 25.7 Å². The van der Waals surface area contributed by atoms with Crippen LogP contribution in [0.2, 0.25) is 0 Å². The Kier molecular flexibility index (Phi) is 7.43. The molecule has 1 amide bonds. The molecule has 0 spiro atoms. The molecule has 2 aromatic carbocycles. The Balaban J connectivity index is 1.99. The van der Waals surface area contributed by atoms with Crippen molar-refractivity contribution in [3.8, 4) is 5.75 Å². The zero-order valence-corrected chi connectivity index (χ0v) is 18.8. The van der Waals surface area contributed by atoms with Gasteiger partial charge in [0.05, 0.1) is 11.4 Å². The maximum Gasteiger partial charge on any atom is 0.253 e. The van der Waals surface area contributed by atoms with E-state index in [0.29, 0.717) is 18.7 Å². The van der Waals surface area contributed by atoms with E-state index in [4.69, 9.17) is 4.74 Å². The first-order valence-corrected chi connectivity index (χ1v) is 11.0. The number of nitrogens with zero attached hydrogens (tertiary/aromatic N) is 2. The Bertz CT molecular complexity index is 933. The van der Waals surface area contributed by atoms with Crippen LogP contribution in [0, 0.1) is 13.8 Å². The molecule has 0 saturated heterocycles. The molecule has 0 unspecified atom stereocenters. The molecule has 0 bridgehead atoms. The summed E-state index contributed by atoms with van der Waals surface area (Å²) < 4.78 is 32.1. The minimum atomic E-state index is -3.56. The van der Waals surface area contributed by atoms with E-state index in [2.05, 4.69) is 6.07 Å². The highest BCUT2D eigenvalue weighted by atomic mass is 32.2. The smallest absolute Gasteiger partial charge is 0.253 e. The summed E-state index contributed by atoms with van der Waals surface area (Å²) in [5.41, 5.74) is 2.69. The van der Waals surface area contributed by atoms with Crippen molar-refractivity contribution in [1.82, 2.24) is 9.21 Å². The van der Waals surface area contributed by atoms with Crippen molar-refractivity contribution in [2.75, 3.05) is 27.2 Å². The predicted octanol–water partition coefficient (Wildman–Crippen LogP) is 3.48. The summed E-state index contributed by atoms with van der Waals surface area (Å²) in [4.78, 5) is 14.3. The lowest BCUT2D eigenvalue weighted by atomic mass is 10.1. The fourth-order valence-electron chi connectivity index (χ4n) is 2.85. The number of sulfonamides is 1. The third kappa shape index (κ3) is 5.81. The van der Waals surface area contributed by atoms with E-state index in [9.17, 15) is 13.2 Å². The van der Waals surface area contributed by atoms with Gasteiger partial charge >= 0.3 is 0 Å². The Labute approximate surface area is 174 Å². The Hall–Kier alpha value is -2.38. The van der Waals surface area contributed by atoms with Crippen LogP contribution in [-0.2, 0) is 10.0 Å². The van der Waals surface area contributed by atoms with Crippen LogP contribution in [0.3, 0.4) is 0 Å². The lowest BCUT2D eigenvalue weighted by Gasteiger charge is -2.21. The summed E-state index contributed by atoms with van der Waals surface area (Å²) >= 11 is 0. The van der Waals surface area contributed by atoms with Crippen LogP contribution in [0.25, 0.3) is 0 Å². The average molecular weight is 419 g/mol. The molecule has 6 nitrogen and oxygen atoms in total. The van der Waals surface area contributed by atoms with E-state index >= 15 is 0 Å². The van der Waals surface area contributed by atoms with Crippen LogP contribution >= 0.6 is 0 Å². The fraction of sp³-hybridized carbons (Fsp3) is 0.409. The Morgan fingerprint density at radius 3 is 2.07 bits per heavy atom. The minimum Gasteiger partial charge on any atom is -0.492 e. The first kappa shape index (κ1) is 22.9. The van der Waals surface area contributed by atoms with Crippen molar-refractivity contribution >= 4 is 15.9 Å². The van der Waals surface area contributed by atoms with Gasteiger partial charge in [0.15, 0.2) is 0 Å². The molecule has 0 N–H and O–H groups in total. The van der Waals surface area contributed by atoms with Crippen molar-refractivity contribution in [3.05, 3.63) is 59.2 Å². The molecule has 0 radical (unpaired) electrons. The molecule has 0 saturated carbocycles. The molecule has 0 fully saturated rings. The molecule has 0 heterocycles. The predicted molar refractivity (Wildman–Crippen MR) is 115 cm³/mol. The van der Waals surface area contributed by atoms with Gasteiger partial charge in [0.1, 0.15) is 12.4 Å². The number of rotatable bonds is 8. The number of carbonyl (C=O) groups excluding carboxylic acids is 1. The van der Waals surface area contributed by atoms with Gasteiger partial charge in [0.2, 0.25) is 10.0 Å². The lowest BCUT2D eigenvalue weighted by molar-refractivity contribution is 0.0773. The van der Waals surface area contributed by atoms with Gasteiger partial charge in [0.25, 0.3) is 5.91 Å². The van der Waals surface area contributed by atoms with Crippen molar-refractivity contribution in [2.45, 2.75) is 38.6 Å². The highest BCUT2D eigenvalue weighted by Crippen LogP contribution is 2.18. The van der Waals surface area contributed by atoms with Crippen molar-refractivity contribution in [2.24, 2.45) is 0 Å². The number of hydrogen-bond acceptors (Lipinski definition) is 4. The maximum atomic E-state index is 12.6. The van der Waals surface area contributed by atoms with Gasteiger partial charge < -0.3 is 9.64 Å². The number of ether oxygens (including phenoxy) is 1. The quantitative estimate of drug-likeness (QED) is 0.658. The topological polar surface area (TPSA) is 66.9 Å². The van der Waals surface area contributed by atoms with Crippen molar-refractivity contribution < 1.29 is 17.9 Å². The molecule has 0 aliphatic rings. The maximum absolute atomic E-state index is 12.6. The van der Waals surface area contributed by atoms with Gasteiger partial charge in [-0.25, -0.2) is 8.42 Å². The molecule has 0 aliphatic carbocycles. The summed E-state index contributed by atoms with van der Waals surface area (Å²) in [5.74, 6) is 0.599.